The topological polar surface area (TPSA) is 69.7 Å². The van der Waals surface area contributed by atoms with E-state index < -0.39 is 17.8 Å². The van der Waals surface area contributed by atoms with Gasteiger partial charge in [0.15, 0.2) is 0 Å². The first kappa shape index (κ1) is 12.6. The highest BCUT2D eigenvalue weighted by molar-refractivity contribution is 6.44. The maximum absolute atomic E-state index is 11.2. The minimum Gasteiger partial charge on any atom is -0.302 e. The van der Waals surface area contributed by atoms with Crippen LogP contribution in [-0.4, -0.2) is 53.8 Å². The summed E-state index contributed by atoms with van der Waals surface area (Å²) in [6.07, 6.45) is 1.02. The van der Waals surface area contributed by atoms with E-state index in [-0.39, 0.29) is 6.54 Å². The van der Waals surface area contributed by atoms with Gasteiger partial charge in [0.05, 0.1) is 0 Å². The lowest BCUT2D eigenvalue weighted by atomic mass is 10.4. The second-order valence-electron chi connectivity index (χ2n) is 3.65. The lowest BCUT2D eigenvalue weighted by Gasteiger charge is -2.21. The molecule has 0 saturated carbocycles. The molecule has 0 bridgehead atoms. The maximum atomic E-state index is 11.2. The van der Waals surface area contributed by atoms with Crippen molar-refractivity contribution in [3.8, 4) is 0 Å². The number of hydrogen-bond acceptors (Lipinski definition) is 4. The van der Waals surface area contributed by atoms with Crippen LogP contribution in [0.2, 0.25) is 0 Å². The van der Waals surface area contributed by atoms with Gasteiger partial charge in [0.25, 0.3) is 0 Å². The van der Waals surface area contributed by atoms with E-state index in [0.717, 1.165) is 24.4 Å². The molecule has 90 valence electrons. The van der Waals surface area contributed by atoms with Gasteiger partial charge in [-0.2, -0.15) is 0 Å². The normalized spacial score (nSPS) is 16.2. The van der Waals surface area contributed by atoms with Gasteiger partial charge in [-0.1, -0.05) is 13.8 Å². The predicted octanol–water partition coefficient (Wildman–Crippen LogP) is -0.203. The fourth-order valence-corrected chi connectivity index (χ4v) is 1.62. The summed E-state index contributed by atoms with van der Waals surface area (Å²) in [6, 6.07) is -0.609. The smallest absolute Gasteiger partial charge is 0.302 e. The predicted molar refractivity (Wildman–Crippen MR) is 57.7 cm³/mol. The summed E-state index contributed by atoms with van der Waals surface area (Å²) in [5, 5.41) is 1.97. The van der Waals surface area contributed by atoms with E-state index in [0.29, 0.717) is 6.54 Å². The summed E-state index contributed by atoms with van der Waals surface area (Å²) in [6.45, 7) is 6.76. The van der Waals surface area contributed by atoms with Gasteiger partial charge in [-0.25, -0.2) is 4.79 Å². The average molecular weight is 227 g/mol. The number of nitrogens with zero attached hydrogens (tertiary/aromatic N) is 2. The van der Waals surface area contributed by atoms with Crippen molar-refractivity contribution in [1.29, 1.82) is 0 Å². The zero-order chi connectivity index (χ0) is 12.1. The average Bonchev–Trinajstić information content (AvgIpc) is 2.49. The third-order valence-corrected chi connectivity index (χ3v) is 2.53. The van der Waals surface area contributed by atoms with Crippen LogP contribution in [-0.2, 0) is 9.59 Å². The molecule has 0 aromatic carbocycles. The van der Waals surface area contributed by atoms with Crippen LogP contribution in [0.5, 0.6) is 0 Å². The van der Waals surface area contributed by atoms with Crippen molar-refractivity contribution in [3.05, 3.63) is 0 Å². The van der Waals surface area contributed by atoms with Crippen LogP contribution in [0.1, 0.15) is 20.3 Å². The second kappa shape index (κ2) is 5.60. The highest BCUT2D eigenvalue weighted by Gasteiger charge is 2.36. The zero-order valence-corrected chi connectivity index (χ0v) is 9.65. The van der Waals surface area contributed by atoms with Crippen molar-refractivity contribution in [2.24, 2.45) is 0 Å². The number of likely N-dealkylation sites (N-methyl/N-ethyl adjacent to an activating group) is 1. The number of nitrogens with one attached hydrogen (secondary N) is 1. The van der Waals surface area contributed by atoms with Crippen LogP contribution >= 0.6 is 0 Å². The Morgan fingerprint density at radius 3 is 2.31 bits per heavy atom. The van der Waals surface area contributed by atoms with E-state index >= 15 is 0 Å². The number of rotatable bonds is 6. The summed E-state index contributed by atoms with van der Waals surface area (Å²) in [5.41, 5.74) is 0. The minimum absolute atomic E-state index is 0.268. The molecule has 1 aliphatic heterocycles. The van der Waals surface area contributed by atoms with Crippen molar-refractivity contribution in [2.45, 2.75) is 20.3 Å². The molecule has 4 amide bonds. The number of amides is 4. The number of hydrogen-bond donors (Lipinski definition) is 1. The van der Waals surface area contributed by atoms with Crippen LogP contribution in [0.15, 0.2) is 0 Å². The van der Waals surface area contributed by atoms with Gasteiger partial charge in [-0.15, -0.1) is 0 Å². The summed E-state index contributed by atoms with van der Waals surface area (Å²) in [5.74, 6) is -1.58. The van der Waals surface area contributed by atoms with Crippen molar-refractivity contribution in [2.75, 3.05) is 26.2 Å². The van der Waals surface area contributed by atoms with Gasteiger partial charge in [0, 0.05) is 13.1 Å². The molecule has 1 heterocycles. The molecule has 6 heteroatoms. The fourth-order valence-electron chi connectivity index (χ4n) is 1.62. The van der Waals surface area contributed by atoms with Crippen molar-refractivity contribution in [3.63, 3.8) is 0 Å². The Kier molecular flexibility index (Phi) is 4.42. The van der Waals surface area contributed by atoms with E-state index in [2.05, 4.69) is 11.8 Å². The molecule has 1 aliphatic rings. The van der Waals surface area contributed by atoms with Gasteiger partial charge in [-0.3, -0.25) is 19.8 Å². The van der Waals surface area contributed by atoms with E-state index in [9.17, 15) is 14.4 Å². The lowest BCUT2D eigenvalue weighted by Crippen LogP contribution is -2.39. The lowest BCUT2D eigenvalue weighted by molar-refractivity contribution is -0.140. The highest BCUT2D eigenvalue weighted by Crippen LogP contribution is 2.01. The number of carbonyl (C=O) groups is 3. The molecule has 0 radical (unpaired) electrons. The van der Waals surface area contributed by atoms with Gasteiger partial charge < -0.3 is 4.90 Å². The van der Waals surface area contributed by atoms with E-state index in [1.54, 1.807) is 0 Å². The van der Waals surface area contributed by atoms with E-state index in [1.165, 1.54) is 0 Å². The number of urea groups is 1. The molecule has 1 fully saturated rings. The maximum Gasteiger partial charge on any atom is 0.331 e. The summed E-state index contributed by atoms with van der Waals surface area (Å²) in [7, 11) is 0. The zero-order valence-electron chi connectivity index (χ0n) is 9.65. The molecule has 0 unspecified atom stereocenters. The molecule has 0 aromatic heterocycles. The summed E-state index contributed by atoms with van der Waals surface area (Å²) >= 11 is 0. The van der Waals surface area contributed by atoms with Crippen LogP contribution in [0.25, 0.3) is 0 Å². The molecule has 1 saturated heterocycles. The quantitative estimate of drug-likeness (QED) is 0.504. The molecule has 0 spiro atoms. The van der Waals surface area contributed by atoms with Crippen LogP contribution in [0.3, 0.4) is 0 Å². The Morgan fingerprint density at radius 2 is 1.88 bits per heavy atom. The molecule has 6 nitrogen and oxygen atoms in total. The first-order chi connectivity index (χ1) is 7.60. The number of carbonyl (C=O) groups excluding carboxylic acids is 3. The van der Waals surface area contributed by atoms with Crippen molar-refractivity contribution >= 4 is 17.8 Å². The van der Waals surface area contributed by atoms with Gasteiger partial charge in [0.2, 0.25) is 0 Å². The molecular formula is C10H17N3O3. The Morgan fingerprint density at radius 1 is 1.19 bits per heavy atom. The third-order valence-electron chi connectivity index (χ3n) is 2.53. The Balaban J connectivity index is 2.45. The summed E-state index contributed by atoms with van der Waals surface area (Å²) < 4.78 is 0. The largest absolute Gasteiger partial charge is 0.331 e. The molecule has 0 aromatic rings. The van der Waals surface area contributed by atoms with Gasteiger partial charge in [-0.05, 0) is 19.5 Å². The molecule has 0 atom stereocenters. The van der Waals surface area contributed by atoms with Gasteiger partial charge in [0.1, 0.15) is 0 Å². The van der Waals surface area contributed by atoms with E-state index in [1.807, 2.05) is 12.2 Å². The third kappa shape index (κ3) is 2.79. The summed E-state index contributed by atoms with van der Waals surface area (Å²) in [4.78, 5) is 36.4. The molecular weight excluding hydrogens is 210 g/mol. The highest BCUT2D eigenvalue weighted by atomic mass is 16.2. The molecule has 1 N–H and O–H groups in total. The minimum atomic E-state index is -0.830. The van der Waals surface area contributed by atoms with Crippen molar-refractivity contribution in [1.82, 2.24) is 15.1 Å². The molecule has 1 rings (SSSR count). The van der Waals surface area contributed by atoms with Crippen LogP contribution in [0.4, 0.5) is 4.79 Å². The van der Waals surface area contributed by atoms with E-state index in [4.69, 9.17) is 0 Å². The van der Waals surface area contributed by atoms with Crippen LogP contribution in [0, 0.1) is 0 Å². The Hall–Kier alpha value is -1.43. The second-order valence-corrected chi connectivity index (χ2v) is 3.65. The fraction of sp³-hybridized carbons (Fsp3) is 0.700. The number of imide groups is 2. The standard InChI is InChI=1S/C10H17N3O3/c1-3-5-12(4-2)6-7-13-9(15)8(14)11-10(13)16/h3-7H2,1-2H3,(H,11,14,16). The van der Waals surface area contributed by atoms with Crippen LogP contribution < -0.4 is 5.32 Å². The first-order valence-corrected chi connectivity index (χ1v) is 5.49. The van der Waals surface area contributed by atoms with Gasteiger partial charge >= 0.3 is 17.8 Å². The Bertz CT molecular complexity index is 304. The molecule has 16 heavy (non-hydrogen) atoms. The SMILES string of the molecule is CCCN(CC)CCN1C(=O)NC(=O)C1=O. The Labute approximate surface area is 94.6 Å². The van der Waals surface area contributed by atoms with Crippen molar-refractivity contribution < 1.29 is 14.4 Å². The first-order valence-electron chi connectivity index (χ1n) is 5.49. The monoisotopic (exact) mass is 227 g/mol. The molecule has 0 aliphatic carbocycles.